The zero-order chi connectivity index (χ0) is 55.6. The Morgan fingerprint density at radius 3 is 0.829 bits per heavy atom. The first kappa shape index (κ1) is 57.3. The fourth-order valence-corrected chi connectivity index (χ4v) is 27.3. The van der Waals surface area contributed by atoms with Crippen LogP contribution in [0.3, 0.4) is 0 Å². The summed E-state index contributed by atoms with van der Waals surface area (Å²) in [6.45, 7) is 8.59. The van der Waals surface area contributed by atoms with Gasteiger partial charge in [0.15, 0.2) is 0 Å². The molecule has 0 fully saturated rings. The fourth-order valence-electron chi connectivity index (χ4n) is 10.8. The van der Waals surface area contributed by atoms with Crippen molar-refractivity contribution in [1.29, 1.82) is 0 Å². The molecule has 8 rings (SSSR count). The number of carbonyl (C=O) groups excluding carboxylic acids is 4. The van der Waals surface area contributed by atoms with Crippen molar-refractivity contribution in [3.05, 3.63) is 183 Å². The van der Waals surface area contributed by atoms with E-state index in [2.05, 4.69) is 0 Å². The van der Waals surface area contributed by atoms with Crippen molar-refractivity contribution in [1.82, 2.24) is 0 Å². The van der Waals surface area contributed by atoms with Gasteiger partial charge in [-0.15, -0.1) is 0 Å². The Labute approximate surface area is 444 Å². The first-order valence-electron chi connectivity index (χ1n) is 24.6. The summed E-state index contributed by atoms with van der Waals surface area (Å²) >= 11 is -10.1. The predicted octanol–water partition coefficient (Wildman–Crippen LogP) is 10.8. The van der Waals surface area contributed by atoms with Gasteiger partial charge in [0.25, 0.3) is 0 Å². The molecular formula is C58H56F8N4O4Ti2. The molecular weight excluding hydrogens is 1060 g/mol. The molecule has 18 heteroatoms. The van der Waals surface area contributed by atoms with Gasteiger partial charge >= 0.3 is 447 Å². The summed E-state index contributed by atoms with van der Waals surface area (Å²) in [6.07, 6.45) is 21.8. The average Bonchev–Trinajstić information content (AvgIpc) is 4.33. The Morgan fingerprint density at radius 2 is 0.632 bits per heavy atom. The van der Waals surface area contributed by atoms with E-state index in [4.69, 9.17) is 0 Å². The maximum atomic E-state index is 16.7. The molecule has 0 bridgehead atoms. The second kappa shape index (κ2) is 23.4. The Hall–Kier alpha value is -6.45. The molecule has 8 nitrogen and oxygen atoms in total. The quantitative estimate of drug-likeness (QED) is 0.0931. The van der Waals surface area contributed by atoms with Gasteiger partial charge in [-0.2, -0.15) is 0 Å². The van der Waals surface area contributed by atoms with Crippen molar-refractivity contribution in [2.24, 2.45) is 0 Å². The Bertz CT molecular complexity index is 3110. The summed E-state index contributed by atoms with van der Waals surface area (Å²) in [5, 5.41) is 0. The zero-order valence-electron chi connectivity index (χ0n) is 43.2. The van der Waals surface area contributed by atoms with Crippen LogP contribution in [0.25, 0.3) is 0 Å². The molecule has 0 heterocycles. The molecule has 0 spiro atoms. The third-order valence-corrected chi connectivity index (χ3v) is 30.3. The molecule has 0 saturated carbocycles. The number of anilines is 4. The number of carbonyl (C=O) groups is 4. The van der Waals surface area contributed by atoms with Crippen LogP contribution in [0, 0.1) is 46.5 Å². The molecule has 4 aromatic carbocycles. The molecule has 4 amide bonds. The van der Waals surface area contributed by atoms with Crippen LogP contribution in [0.2, 0.25) is 0 Å². The number of rotatable bonds is 14. The summed E-state index contributed by atoms with van der Waals surface area (Å²) in [4.78, 5) is 53.3. The minimum absolute atomic E-state index is 0.119. The summed E-state index contributed by atoms with van der Waals surface area (Å²) in [5.74, 6) is -9.67. The van der Waals surface area contributed by atoms with Gasteiger partial charge in [-0.3, -0.25) is 0 Å². The van der Waals surface area contributed by atoms with Crippen molar-refractivity contribution < 1.29 is 87.5 Å². The topological polar surface area (TPSA) is 81.2 Å². The summed E-state index contributed by atoms with van der Waals surface area (Å²) in [7, 11) is 2.71. The van der Waals surface area contributed by atoms with Crippen LogP contribution in [0.15, 0.2) is 137 Å². The van der Waals surface area contributed by atoms with E-state index in [0.717, 1.165) is 46.2 Å². The monoisotopic (exact) mass is 1120 g/mol. The van der Waals surface area contributed by atoms with Crippen molar-refractivity contribution in [2.45, 2.75) is 67.2 Å². The molecule has 0 atom stereocenters. The maximum absolute atomic E-state index is 16.7. The first-order valence-corrected chi connectivity index (χ1v) is 30.8. The molecule has 4 aliphatic rings. The van der Waals surface area contributed by atoms with Gasteiger partial charge in [0.1, 0.15) is 0 Å². The Balaban J connectivity index is 0.000000221. The minimum atomic E-state index is -5.07. The molecule has 76 heavy (non-hydrogen) atoms. The van der Waals surface area contributed by atoms with Gasteiger partial charge in [-0.1, -0.05) is 0 Å². The van der Waals surface area contributed by atoms with Crippen molar-refractivity contribution in [2.75, 3.05) is 46.8 Å². The van der Waals surface area contributed by atoms with E-state index in [1.54, 1.807) is 86.8 Å². The third-order valence-electron chi connectivity index (χ3n) is 14.4. The molecule has 4 aliphatic carbocycles. The SMILES string of the molecule is CC(=O)N(C)c1ccc(F)[c]([Ti]([C]2=CC=CC2)([C]2=CC=CC2)[c]2c(F)ccc(N(C)C(C)=O)c2F)c1F.CCN(C(C)=O)c1ccc(F)[c]([Ti]([C]2=CC=CC2)([C]2=CC=CC2)[c]2c(F)ccc(N(CC)C(C)=O)c2F)c1F. The van der Waals surface area contributed by atoms with Crippen molar-refractivity contribution >= 4 is 61.9 Å². The normalized spacial score (nSPS) is 14.5. The average molecular weight is 1120 g/mol. The van der Waals surface area contributed by atoms with Crippen LogP contribution >= 0.6 is 0 Å². The molecule has 396 valence electrons. The van der Waals surface area contributed by atoms with Crippen LogP contribution in [-0.2, 0) is 52.4 Å². The van der Waals surface area contributed by atoms with E-state index in [0.29, 0.717) is 15.5 Å². The van der Waals surface area contributed by atoms with Gasteiger partial charge in [0.2, 0.25) is 0 Å². The van der Waals surface area contributed by atoms with Crippen LogP contribution in [0.5, 0.6) is 0 Å². The van der Waals surface area contributed by atoms with Gasteiger partial charge in [0, 0.05) is 0 Å². The third kappa shape index (κ3) is 9.93. The van der Waals surface area contributed by atoms with E-state index in [1.807, 2.05) is 0 Å². The molecule has 4 aromatic rings. The second-order valence-corrected chi connectivity index (χ2v) is 30.3. The standard InChI is InChI=1S/2C10H10F2NO.2C9H8F2NO.4C5H5.2Ti/c2*1-3-13(7(2)14)10-5-4-8(11)6-9(10)12;2*1-6(13)12(2)9-4-3-7(10)5-8(9)11;4*1-2-4-5-3-1;;/h2*4-5H,3H2,1-2H3;2*3-4H,1-2H3;4*1-3H,4H2;;. The second-order valence-electron chi connectivity index (χ2n) is 18.5. The van der Waals surface area contributed by atoms with E-state index in [9.17, 15) is 19.2 Å². The number of halogens is 8. The van der Waals surface area contributed by atoms with Gasteiger partial charge < -0.3 is 0 Å². The molecule has 0 aliphatic heterocycles. The van der Waals surface area contributed by atoms with Crippen LogP contribution < -0.4 is 35.1 Å². The van der Waals surface area contributed by atoms with Crippen molar-refractivity contribution in [3.8, 4) is 0 Å². The van der Waals surface area contributed by atoms with Crippen LogP contribution in [0.4, 0.5) is 57.9 Å². The van der Waals surface area contributed by atoms with E-state index in [-0.39, 0.29) is 61.5 Å². The van der Waals surface area contributed by atoms with Gasteiger partial charge in [-0.25, -0.2) is 0 Å². The van der Waals surface area contributed by atoms with Gasteiger partial charge in [0.05, 0.1) is 0 Å². The Kier molecular flexibility index (Phi) is 17.6. The molecule has 0 unspecified atom stereocenters. The molecule has 0 N–H and O–H groups in total. The summed E-state index contributed by atoms with van der Waals surface area (Å²) in [6, 6.07) is 8.90. The Morgan fingerprint density at radius 1 is 0.395 bits per heavy atom. The summed E-state index contributed by atoms with van der Waals surface area (Å²) < 4.78 is 131. The number of benzene rings is 4. The van der Waals surface area contributed by atoms with E-state index >= 15 is 35.1 Å². The first-order chi connectivity index (χ1) is 36.1. The number of hydrogen-bond donors (Lipinski definition) is 0. The summed E-state index contributed by atoms with van der Waals surface area (Å²) in [5.41, 5.74) is -0.666. The van der Waals surface area contributed by atoms with Crippen LogP contribution in [0.1, 0.15) is 67.2 Å². The predicted molar refractivity (Wildman–Crippen MR) is 277 cm³/mol. The molecule has 0 radical (unpaired) electrons. The number of allylic oxidation sites excluding steroid dienone is 16. The van der Waals surface area contributed by atoms with Crippen molar-refractivity contribution in [3.63, 3.8) is 0 Å². The number of nitrogens with zero attached hydrogens (tertiary/aromatic N) is 4. The van der Waals surface area contributed by atoms with E-state index < -0.39 is 119 Å². The molecule has 0 aromatic heterocycles. The fraction of sp³-hybridized carbons (Fsp3) is 0.241. The number of amides is 4. The van der Waals surface area contributed by atoms with Crippen LogP contribution in [-0.4, -0.2) is 50.8 Å². The zero-order valence-corrected chi connectivity index (χ0v) is 46.4. The van der Waals surface area contributed by atoms with E-state index in [1.165, 1.54) is 63.7 Å². The molecule has 0 saturated heterocycles. The van der Waals surface area contributed by atoms with Gasteiger partial charge in [-0.05, 0) is 0 Å². The number of hydrogen-bond acceptors (Lipinski definition) is 4.